The summed E-state index contributed by atoms with van der Waals surface area (Å²) in [5.41, 5.74) is 3.92. The minimum atomic E-state index is -0.897. The molecule has 5 heteroatoms. The van der Waals surface area contributed by atoms with Gasteiger partial charge in [0.25, 0.3) is 5.91 Å². The van der Waals surface area contributed by atoms with E-state index < -0.39 is 5.97 Å². The van der Waals surface area contributed by atoms with Crippen LogP contribution in [0.25, 0.3) is 10.9 Å². The lowest BCUT2D eigenvalue weighted by atomic mass is 10.1. The number of ether oxygens (including phenoxy) is 1. The average Bonchev–Trinajstić information content (AvgIpc) is 3.11. The Morgan fingerprint density at radius 1 is 0.969 bits per heavy atom. The van der Waals surface area contributed by atoms with Gasteiger partial charge in [-0.2, -0.15) is 0 Å². The first-order valence-corrected chi connectivity index (χ1v) is 10.6. The molecule has 0 bridgehead atoms. The fraction of sp³-hybridized carbons (Fsp3) is 0.185. The van der Waals surface area contributed by atoms with Crippen LogP contribution in [0.1, 0.15) is 34.1 Å². The number of nitrogens with zero attached hydrogens (tertiary/aromatic N) is 1. The molecule has 4 rings (SSSR count). The minimum absolute atomic E-state index is 0.00208. The summed E-state index contributed by atoms with van der Waals surface area (Å²) in [5, 5.41) is 9.96. The van der Waals surface area contributed by atoms with Crippen molar-refractivity contribution in [3.8, 4) is 5.75 Å². The Bertz CT molecular complexity index is 1260. The Kier molecular flexibility index (Phi) is 6.08. The Balaban J connectivity index is 1.53. The zero-order chi connectivity index (χ0) is 22.7. The van der Waals surface area contributed by atoms with Crippen LogP contribution in [0.15, 0.2) is 78.9 Å². The van der Waals surface area contributed by atoms with E-state index in [1.807, 2.05) is 56.3 Å². The largest absolute Gasteiger partial charge is 0.490 e. The van der Waals surface area contributed by atoms with Gasteiger partial charge in [0.2, 0.25) is 0 Å². The van der Waals surface area contributed by atoms with E-state index in [9.17, 15) is 14.7 Å². The van der Waals surface area contributed by atoms with Crippen LogP contribution < -0.4 is 4.74 Å². The minimum Gasteiger partial charge on any atom is -0.490 e. The quantitative estimate of drug-likeness (QED) is 0.436. The molecule has 32 heavy (non-hydrogen) atoms. The average molecular weight is 428 g/mol. The lowest BCUT2D eigenvalue weighted by Gasteiger charge is -2.15. The Morgan fingerprint density at radius 3 is 2.38 bits per heavy atom. The molecule has 0 aliphatic carbocycles. The highest BCUT2D eigenvalue weighted by molar-refractivity contribution is 6.04. The third kappa shape index (κ3) is 4.57. The normalized spacial score (nSPS) is 11.9. The predicted molar refractivity (Wildman–Crippen MR) is 124 cm³/mol. The second-order valence-electron chi connectivity index (χ2n) is 7.99. The van der Waals surface area contributed by atoms with Crippen molar-refractivity contribution in [1.82, 2.24) is 4.57 Å². The number of fused-ring (bicyclic) bond motifs is 1. The molecule has 1 aromatic heterocycles. The second-order valence-corrected chi connectivity index (χ2v) is 7.99. The number of benzene rings is 3. The molecule has 162 valence electrons. The predicted octanol–water partition coefficient (Wildman–Crippen LogP) is 5.28. The van der Waals surface area contributed by atoms with E-state index in [1.54, 1.807) is 28.8 Å². The molecule has 1 heterocycles. The van der Waals surface area contributed by atoms with Crippen LogP contribution in [-0.4, -0.2) is 27.7 Å². The van der Waals surface area contributed by atoms with Gasteiger partial charge in [-0.25, -0.2) is 0 Å². The topological polar surface area (TPSA) is 68.5 Å². The number of carboxylic acid groups (broad SMARTS) is 1. The third-order valence-corrected chi connectivity index (χ3v) is 5.47. The number of aryl methyl sites for hydroxylation is 1. The zero-order valence-electron chi connectivity index (χ0n) is 18.1. The van der Waals surface area contributed by atoms with Gasteiger partial charge in [0, 0.05) is 23.1 Å². The SMILES string of the molecule is Cc1cc2c(CC(=O)O)cccc2n1C(=O)c1ccc(OC(C)Cc2ccccc2)cc1. The number of carboxylic acids is 1. The number of hydrogen-bond acceptors (Lipinski definition) is 3. The number of carbonyl (C=O) groups is 2. The van der Waals surface area contributed by atoms with E-state index in [1.165, 1.54) is 5.56 Å². The molecule has 0 aliphatic rings. The summed E-state index contributed by atoms with van der Waals surface area (Å²) in [6.45, 7) is 3.88. The first-order valence-electron chi connectivity index (χ1n) is 10.6. The summed E-state index contributed by atoms with van der Waals surface area (Å²) >= 11 is 0. The smallest absolute Gasteiger partial charge is 0.307 e. The Labute approximate surface area is 186 Å². The molecule has 1 unspecified atom stereocenters. The van der Waals surface area contributed by atoms with Crippen LogP contribution in [0.3, 0.4) is 0 Å². The number of carbonyl (C=O) groups excluding carboxylic acids is 1. The summed E-state index contributed by atoms with van der Waals surface area (Å²) < 4.78 is 7.65. The van der Waals surface area contributed by atoms with E-state index in [-0.39, 0.29) is 18.4 Å². The van der Waals surface area contributed by atoms with E-state index >= 15 is 0 Å². The summed E-state index contributed by atoms with van der Waals surface area (Å²) in [7, 11) is 0. The highest BCUT2D eigenvalue weighted by atomic mass is 16.5. The Morgan fingerprint density at radius 2 is 1.69 bits per heavy atom. The van der Waals surface area contributed by atoms with Crippen molar-refractivity contribution >= 4 is 22.8 Å². The van der Waals surface area contributed by atoms with Gasteiger partial charge in [-0.1, -0.05) is 42.5 Å². The molecule has 4 aromatic rings. The molecule has 3 aromatic carbocycles. The summed E-state index contributed by atoms with van der Waals surface area (Å²) in [6.07, 6.45) is 0.721. The lowest BCUT2D eigenvalue weighted by Crippen LogP contribution is -2.16. The van der Waals surface area contributed by atoms with Gasteiger partial charge in [-0.15, -0.1) is 0 Å². The van der Waals surface area contributed by atoms with Gasteiger partial charge in [0.1, 0.15) is 5.75 Å². The monoisotopic (exact) mass is 427 g/mol. The molecule has 0 aliphatic heterocycles. The molecule has 0 amide bonds. The van der Waals surface area contributed by atoms with Crippen LogP contribution in [-0.2, 0) is 17.6 Å². The lowest BCUT2D eigenvalue weighted by molar-refractivity contribution is -0.136. The van der Waals surface area contributed by atoms with Crippen molar-refractivity contribution in [2.45, 2.75) is 32.8 Å². The number of rotatable bonds is 7. The standard InChI is InChI=1S/C27H25NO4/c1-18-15-24-22(17-26(29)30)9-6-10-25(24)28(18)27(31)21-11-13-23(14-12-21)32-19(2)16-20-7-4-3-5-8-20/h3-15,19H,16-17H2,1-2H3,(H,29,30). The molecular formula is C27H25NO4. The molecule has 0 saturated heterocycles. The maximum Gasteiger partial charge on any atom is 0.307 e. The van der Waals surface area contributed by atoms with Crippen molar-refractivity contribution in [2.24, 2.45) is 0 Å². The highest BCUT2D eigenvalue weighted by Crippen LogP contribution is 2.25. The van der Waals surface area contributed by atoms with E-state index in [2.05, 4.69) is 12.1 Å². The number of aliphatic carboxylic acids is 1. The molecule has 0 fully saturated rings. The summed E-state index contributed by atoms with van der Waals surface area (Å²) in [5.74, 6) is -0.344. The van der Waals surface area contributed by atoms with E-state index in [4.69, 9.17) is 4.74 Å². The fourth-order valence-corrected chi connectivity index (χ4v) is 4.04. The number of aromatic nitrogens is 1. The molecule has 0 saturated carbocycles. The van der Waals surface area contributed by atoms with Crippen molar-refractivity contribution in [3.63, 3.8) is 0 Å². The molecule has 0 radical (unpaired) electrons. The van der Waals surface area contributed by atoms with Gasteiger partial charge in [0.05, 0.1) is 18.0 Å². The molecule has 1 N–H and O–H groups in total. The van der Waals surface area contributed by atoms with Gasteiger partial charge >= 0.3 is 5.97 Å². The Hall–Kier alpha value is -3.86. The van der Waals surface area contributed by atoms with E-state index in [0.29, 0.717) is 22.4 Å². The zero-order valence-corrected chi connectivity index (χ0v) is 18.1. The highest BCUT2D eigenvalue weighted by Gasteiger charge is 2.17. The van der Waals surface area contributed by atoms with E-state index in [0.717, 1.165) is 17.5 Å². The van der Waals surface area contributed by atoms with Crippen molar-refractivity contribution in [1.29, 1.82) is 0 Å². The van der Waals surface area contributed by atoms with Gasteiger partial charge < -0.3 is 9.84 Å². The second kappa shape index (κ2) is 9.10. The van der Waals surface area contributed by atoms with Gasteiger partial charge in [-0.05, 0) is 61.4 Å². The van der Waals surface area contributed by atoms with Crippen LogP contribution >= 0.6 is 0 Å². The first-order chi connectivity index (χ1) is 15.4. The fourth-order valence-electron chi connectivity index (χ4n) is 4.04. The van der Waals surface area contributed by atoms with Crippen LogP contribution in [0, 0.1) is 6.92 Å². The summed E-state index contributed by atoms with van der Waals surface area (Å²) in [4.78, 5) is 24.4. The van der Waals surface area contributed by atoms with Crippen molar-refractivity contribution in [3.05, 3.63) is 101 Å². The van der Waals surface area contributed by atoms with Crippen molar-refractivity contribution < 1.29 is 19.4 Å². The van der Waals surface area contributed by atoms with Crippen molar-refractivity contribution in [2.75, 3.05) is 0 Å². The van der Waals surface area contributed by atoms with Gasteiger partial charge in [-0.3, -0.25) is 14.2 Å². The van der Waals surface area contributed by atoms with Crippen LogP contribution in [0.5, 0.6) is 5.75 Å². The molecule has 5 nitrogen and oxygen atoms in total. The van der Waals surface area contributed by atoms with Crippen LogP contribution in [0.2, 0.25) is 0 Å². The van der Waals surface area contributed by atoms with Crippen LogP contribution in [0.4, 0.5) is 0 Å². The third-order valence-electron chi connectivity index (χ3n) is 5.47. The molecular weight excluding hydrogens is 402 g/mol. The number of hydrogen-bond donors (Lipinski definition) is 1. The first kappa shape index (κ1) is 21.4. The summed E-state index contributed by atoms with van der Waals surface area (Å²) in [6, 6.07) is 24.6. The van der Waals surface area contributed by atoms with Gasteiger partial charge in [0.15, 0.2) is 0 Å². The molecule has 1 atom stereocenters. The molecule has 0 spiro atoms. The maximum atomic E-state index is 13.3. The maximum absolute atomic E-state index is 13.3.